The zero-order valence-corrected chi connectivity index (χ0v) is 16.6. The van der Waals surface area contributed by atoms with Gasteiger partial charge in [-0.2, -0.15) is 0 Å². The molecule has 5 nitrogen and oxygen atoms in total. The van der Waals surface area contributed by atoms with Gasteiger partial charge in [-0.1, -0.05) is 6.07 Å². The van der Waals surface area contributed by atoms with Gasteiger partial charge in [0.2, 0.25) is 0 Å². The first-order valence-corrected chi connectivity index (χ1v) is 10.2. The summed E-state index contributed by atoms with van der Waals surface area (Å²) in [6.07, 6.45) is 4.88. The summed E-state index contributed by atoms with van der Waals surface area (Å²) < 4.78 is 6.30. The number of rotatable bonds is 4. The first-order valence-electron chi connectivity index (χ1n) is 10.2. The minimum atomic E-state index is -0.608. The molecule has 1 aromatic rings. The number of aryl methyl sites for hydroxylation is 1. The third kappa shape index (κ3) is 2.70. The van der Waals surface area contributed by atoms with E-state index in [1.807, 2.05) is 13.0 Å². The van der Waals surface area contributed by atoms with Crippen LogP contribution in [0.1, 0.15) is 56.6 Å². The van der Waals surface area contributed by atoms with Crippen LogP contribution in [0.5, 0.6) is 11.5 Å². The minimum Gasteiger partial charge on any atom is -0.504 e. The van der Waals surface area contributed by atoms with E-state index >= 15 is 0 Å². The first kappa shape index (κ1) is 18.8. The Labute approximate surface area is 161 Å². The van der Waals surface area contributed by atoms with Crippen molar-refractivity contribution >= 4 is 5.78 Å². The molecule has 2 saturated carbocycles. The molecule has 1 aliphatic heterocycles. The number of hydrogen-bond donors (Lipinski definition) is 2. The van der Waals surface area contributed by atoms with Gasteiger partial charge in [-0.15, -0.1) is 0 Å². The van der Waals surface area contributed by atoms with Crippen LogP contribution in [0, 0.1) is 12.8 Å². The molecule has 3 aliphatic rings. The molecule has 0 spiro atoms. The third-order valence-corrected chi connectivity index (χ3v) is 7.53. The van der Waals surface area contributed by atoms with Crippen molar-refractivity contribution in [2.75, 3.05) is 20.2 Å². The minimum absolute atomic E-state index is 0.0889. The molecule has 1 aromatic carbocycles. The summed E-state index contributed by atoms with van der Waals surface area (Å²) in [5.41, 5.74) is 0.452. The lowest BCUT2D eigenvalue weighted by Crippen LogP contribution is -2.70. The number of likely N-dealkylation sites (tertiary alicyclic amines) is 1. The lowest BCUT2D eigenvalue weighted by Gasteiger charge is -2.61. The Morgan fingerprint density at radius 3 is 2.67 bits per heavy atom. The summed E-state index contributed by atoms with van der Waals surface area (Å²) >= 11 is 0. The van der Waals surface area contributed by atoms with E-state index in [1.165, 1.54) is 18.9 Å². The molecule has 0 radical (unpaired) electrons. The fourth-order valence-electron chi connectivity index (χ4n) is 5.93. The van der Waals surface area contributed by atoms with Gasteiger partial charge >= 0.3 is 0 Å². The van der Waals surface area contributed by atoms with Gasteiger partial charge in [-0.25, -0.2) is 0 Å². The number of phenolic OH excluding ortho intramolecular Hbond substituents is 2. The molecule has 3 fully saturated rings. The van der Waals surface area contributed by atoms with Crippen LogP contribution < -0.4 is 0 Å². The molecule has 3 atom stereocenters. The van der Waals surface area contributed by atoms with E-state index in [-0.39, 0.29) is 23.3 Å². The number of Topliss-reactive ketones (excluding diaryl/α,β-unsaturated/α-hetero) is 1. The molecule has 3 unspecified atom stereocenters. The highest BCUT2D eigenvalue weighted by Crippen LogP contribution is 2.58. The van der Waals surface area contributed by atoms with Gasteiger partial charge in [-0.3, -0.25) is 9.69 Å². The van der Waals surface area contributed by atoms with Crippen molar-refractivity contribution in [3.05, 3.63) is 23.3 Å². The van der Waals surface area contributed by atoms with Crippen molar-refractivity contribution in [1.29, 1.82) is 0 Å². The molecule has 0 aromatic heterocycles. The summed E-state index contributed by atoms with van der Waals surface area (Å²) in [6, 6.07) is 3.50. The smallest absolute Gasteiger partial charge is 0.161 e. The SMILES string of the molecule is COC12CCC(=O)CC1(c1c(C)ccc(O)c1O)CCN(CC1CC1)C2C. The lowest BCUT2D eigenvalue weighted by molar-refractivity contribution is -0.179. The number of nitrogens with zero attached hydrogens (tertiary/aromatic N) is 1. The predicted molar refractivity (Wildman–Crippen MR) is 103 cm³/mol. The highest BCUT2D eigenvalue weighted by molar-refractivity contribution is 5.82. The number of benzene rings is 1. The molecule has 2 N–H and O–H groups in total. The number of ether oxygens (including phenoxy) is 1. The Bertz CT molecular complexity index is 759. The van der Waals surface area contributed by atoms with Gasteiger partial charge in [0.05, 0.1) is 5.60 Å². The van der Waals surface area contributed by atoms with Gasteiger partial charge in [0.1, 0.15) is 5.78 Å². The molecule has 27 heavy (non-hydrogen) atoms. The van der Waals surface area contributed by atoms with Crippen LogP contribution >= 0.6 is 0 Å². The number of carbonyl (C=O) groups is 1. The van der Waals surface area contributed by atoms with Crippen molar-refractivity contribution in [2.45, 2.75) is 69.4 Å². The summed E-state index contributed by atoms with van der Waals surface area (Å²) in [5, 5.41) is 21.1. The Morgan fingerprint density at radius 2 is 2.00 bits per heavy atom. The molecule has 0 amide bonds. The molecular formula is C22H31NO4. The summed E-state index contributed by atoms with van der Waals surface area (Å²) in [6.45, 7) is 6.13. The number of hydrogen-bond acceptors (Lipinski definition) is 5. The third-order valence-electron chi connectivity index (χ3n) is 7.53. The quantitative estimate of drug-likeness (QED) is 0.793. The second kappa shape index (κ2) is 6.49. The molecule has 1 saturated heterocycles. The zero-order chi connectivity index (χ0) is 19.4. The highest BCUT2D eigenvalue weighted by atomic mass is 16.5. The maximum absolute atomic E-state index is 12.6. The maximum Gasteiger partial charge on any atom is 0.161 e. The standard InChI is InChI=1S/C22H31NO4/c1-14-4-7-18(25)20(26)19(14)21-10-11-23(13-16-5-6-16)15(2)22(21,27-3)9-8-17(24)12-21/h4,7,15-16,25-26H,5-6,8-13H2,1-3H3. The monoisotopic (exact) mass is 373 g/mol. The van der Waals surface area contributed by atoms with Gasteiger partial charge in [-0.05, 0) is 63.6 Å². The van der Waals surface area contributed by atoms with Crippen molar-refractivity contribution in [3.63, 3.8) is 0 Å². The molecule has 5 heteroatoms. The number of piperidine rings is 1. The molecule has 0 bridgehead atoms. The molecule has 148 valence electrons. The second-order valence-electron chi connectivity index (χ2n) is 8.88. The van der Waals surface area contributed by atoms with Crippen LogP contribution in [0.25, 0.3) is 0 Å². The van der Waals surface area contributed by atoms with Crippen molar-refractivity contribution in [1.82, 2.24) is 4.90 Å². The average molecular weight is 373 g/mol. The fraction of sp³-hybridized carbons (Fsp3) is 0.682. The predicted octanol–water partition coefficient (Wildman–Crippen LogP) is 3.29. The van der Waals surface area contributed by atoms with Crippen LogP contribution in [0.3, 0.4) is 0 Å². The van der Waals surface area contributed by atoms with Crippen LogP contribution in [0.15, 0.2) is 12.1 Å². The molecule has 2 aliphatic carbocycles. The summed E-state index contributed by atoms with van der Waals surface area (Å²) in [7, 11) is 1.75. The van der Waals surface area contributed by atoms with Gasteiger partial charge in [0, 0.05) is 43.5 Å². The lowest BCUT2D eigenvalue weighted by atomic mass is 9.52. The molecule has 4 rings (SSSR count). The zero-order valence-electron chi connectivity index (χ0n) is 16.6. The van der Waals surface area contributed by atoms with E-state index in [1.54, 1.807) is 7.11 Å². The van der Waals surface area contributed by atoms with Crippen molar-refractivity contribution in [2.24, 2.45) is 5.92 Å². The van der Waals surface area contributed by atoms with Gasteiger partial charge in [0.25, 0.3) is 0 Å². The average Bonchev–Trinajstić information content (AvgIpc) is 3.45. The highest BCUT2D eigenvalue weighted by Gasteiger charge is 2.63. The van der Waals surface area contributed by atoms with Crippen LogP contribution in [-0.4, -0.2) is 52.7 Å². The number of methoxy groups -OCH3 is 1. The van der Waals surface area contributed by atoms with Crippen molar-refractivity contribution in [3.8, 4) is 11.5 Å². The van der Waals surface area contributed by atoms with E-state index in [0.29, 0.717) is 24.8 Å². The Balaban J connectivity index is 1.87. The number of fused-ring (bicyclic) bond motifs is 1. The van der Waals surface area contributed by atoms with E-state index in [2.05, 4.69) is 11.8 Å². The van der Waals surface area contributed by atoms with E-state index in [4.69, 9.17) is 4.74 Å². The largest absolute Gasteiger partial charge is 0.504 e. The fourth-order valence-corrected chi connectivity index (χ4v) is 5.93. The van der Waals surface area contributed by atoms with Crippen LogP contribution in [-0.2, 0) is 14.9 Å². The van der Waals surface area contributed by atoms with Crippen LogP contribution in [0.4, 0.5) is 0 Å². The number of ketones is 1. The normalized spacial score (nSPS) is 34.5. The summed E-state index contributed by atoms with van der Waals surface area (Å²) in [5.74, 6) is 0.790. The number of carbonyl (C=O) groups excluding carboxylic acids is 1. The number of phenols is 2. The molecular weight excluding hydrogens is 342 g/mol. The number of aromatic hydroxyl groups is 2. The second-order valence-corrected chi connectivity index (χ2v) is 8.88. The Hall–Kier alpha value is -1.59. The Morgan fingerprint density at radius 1 is 1.26 bits per heavy atom. The van der Waals surface area contributed by atoms with Crippen molar-refractivity contribution < 1.29 is 19.7 Å². The topological polar surface area (TPSA) is 70.0 Å². The van der Waals surface area contributed by atoms with Crippen LogP contribution in [0.2, 0.25) is 0 Å². The Kier molecular flexibility index (Phi) is 4.51. The van der Waals surface area contributed by atoms with E-state index < -0.39 is 11.0 Å². The van der Waals surface area contributed by atoms with Gasteiger partial charge in [0.15, 0.2) is 11.5 Å². The van der Waals surface area contributed by atoms with Gasteiger partial charge < -0.3 is 14.9 Å². The maximum atomic E-state index is 12.6. The summed E-state index contributed by atoms with van der Waals surface area (Å²) in [4.78, 5) is 15.1. The first-order chi connectivity index (χ1) is 12.8. The molecule has 1 heterocycles. The van der Waals surface area contributed by atoms with E-state index in [9.17, 15) is 15.0 Å². The van der Waals surface area contributed by atoms with E-state index in [0.717, 1.165) is 31.0 Å².